The van der Waals surface area contributed by atoms with E-state index in [-0.39, 0.29) is 5.82 Å². The molecule has 0 bridgehead atoms. The van der Waals surface area contributed by atoms with E-state index in [9.17, 15) is 4.79 Å². The number of carbonyl (C=O) groups excluding carboxylic acids is 1. The van der Waals surface area contributed by atoms with Gasteiger partial charge in [-0.05, 0) is 43.5 Å². The molecule has 28 heavy (non-hydrogen) atoms. The lowest BCUT2D eigenvalue weighted by Gasteiger charge is -2.06. The summed E-state index contributed by atoms with van der Waals surface area (Å²) in [5, 5.41) is 4.11. The Labute approximate surface area is 162 Å². The number of aryl methyl sites for hydroxylation is 1. The molecule has 2 heterocycles. The van der Waals surface area contributed by atoms with Crippen molar-refractivity contribution in [3.8, 4) is 22.5 Å². The molecule has 7 nitrogen and oxygen atoms in total. The number of hydrogen-bond acceptors (Lipinski definition) is 6. The third kappa shape index (κ3) is 3.26. The molecule has 2 aromatic heterocycles. The molecule has 0 saturated heterocycles. The van der Waals surface area contributed by atoms with Gasteiger partial charge in [0, 0.05) is 29.1 Å². The topological polar surface area (TPSA) is 89.5 Å². The first kappa shape index (κ1) is 17.9. The van der Waals surface area contributed by atoms with Gasteiger partial charge in [-0.1, -0.05) is 17.3 Å². The van der Waals surface area contributed by atoms with Gasteiger partial charge in [0.15, 0.2) is 0 Å². The van der Waals surface area contributed by atoms with Crippen LogP contribution in [0.4, 0.5) is 0 Å². The van der Waals surface area contributed by atoms with Crippen LogP contribution in [-0.2, 0) is 16.0 Å². The number of H-pyrrole nitrogens is 1. The van der Waals surface area contributed by atoms with Crippen molar-refractivity contribution in [2.45, 2.75) is 19.8 Å². The first-order valence-electron chi connectivity index (χ1n) is 9.12. The summed E-state index contributed by atoms with van der Waals surface area (Å²) in [5.41, 5.74) is 6.52. The highest BCUT2D eigenvalue weighted by Gasteiger charge is 2.23. The van der Waals surface area contributed by atoms with Crippen molar-refractivity contribution in [1.82, 2.24) is 15.0 Å². The second kappa shape index (κ2) is 7.64. The lowest BCUT2D eigenvalue weighted by Crippen LogP contribution is -2.06. The maximum Gasteiger partial charge on any atom is 0.374 e. The Morgan fingerprint density at radius 1 is 1.18 bits per heavy atom. The number of hydrogen-bond donors (Lipinski definition) is 1. The Balaban J connectivity index is 1.81. The van der Waals surface area contributed by atoms with Crippen molar-refractivity contribution >= 4 is 11.7 Å². The van der Waals surface area contributed by atoms with Crippen LogP contribution in [0.5, 0.6) is 0 Å². The number of nitrogens with one attached hydrogen (secondary N) is 1. The quantitative estimate of drug-likeness (QED) is 0.543. The largest absolute Gasteiger partial charge is 0.460 e. The number of aromatic amines is 1. The second-order valence-electron chi connectivity index (χ2n) is 6.36. The standard InChI is InChI=1S/C21H20N4O3/c1-3-28-21(26)20-23-18(13-8-10-22-11-9-13)19(24-20)15-4-6-16-14(12-15)5-7-17(16)25-27-2/h4,6,8-12H,3,5,7H2,1-2H3,(H,23,24)/b25-17-. The van der Waals surface area contributed by atoms with E-state index in [4.69, 9.17) is 9.57 Å². The van der Waals surface area contributed by atoms with Gasteiger partial charge >= 0.3 is 5.97 Å². The Hall–Kier alpha value is -3.48. The van der Waals surface area contributed by atoms with E-state index in [1.807, 2.05) is 24.3 Å². The second-order valence-corrected chi connectivity index (χ2v) is 6.36. The average Bonchev–Trinajstić information content (AvgIpc) is 3.34. The molecule has 1 aliphatic carbocycles. The van der Waals surface area contributed by atoms with Gasteiger partial charge in [0.1, 0.15) is 7.11 Å². The van der Waals surface area contributed by atoms with E-state index in [2.05, 4.69) is 26.2 Å². The van der Waals surface area contributed by atoms with Crippen LogP contribution in [0.3, 0.4) is 0 Å². The number of nitrogens with zero attached hydrogens (tertiary/aromatic N) is 3. The monoisotopic (exact) mass is 376 g/mol. The number of imidazole rings is 1. The number of ether oxygens (including phenoxy) is 1. The van der Waals surface area contributed by atoms with Gasteiger partial charge in [-0.25, -0.2) is 9.78 Å². The average molecular weight is 376 g/mol. The smallest absolute Gasteiger partial charge is 0.374 e. The van der Waals surface area contributed by atoms with Crippen molar-refractivity contribution < 1.29 is 14.4 Å². The highest BCUT2D eigenvalue weighted by molar-refractivity contribution is 6.04. The van der Waals surface area contributed by atoms with Crippen LogP contribution in [0.15, 0.2) is 47.9 Å². The SMILES string of the molecule is CCOC(=O)c1nc(-c2ccc3c(c2)CC/C3=N/OC)c(-c2ccncc2)[nH]1. The predicted molar refractivity (Wildman–Crippen MR) is 105 cm³/mol. The van der Waals surface area contributed by atoms with Gasteiger partial charge in [0.25, 0.3) is 0 Å². The Morgan fingerprint density at radius 3 is 2.75 bits per heavy atom. The van der Waals surface area contributed by atoms with Crippen molar-refractivity contribution in [3.63, 3.8) is 0 Å². The fraction of sp³-hybridized carbons (Fsp3) is 0.238. The van der Waals surface area contributed by atoms with Crippen molar-refractivity contribution in [2.24, 2.45) is 5.16 Å². The van der Waals surface area contributed by atoms with Crippen molar-refractivity contribution in [1.29, 1.82) is 0 Å². The van der Waals surface area contributed by atoms with Crippen molar-refractivity contribution in [2.75, 3.05) is 13.7 Å². The van der Waals surface area contributed by atoms with Crippen molar-refractivity contribution in [3.05, 3.63) is 59.7 Å². The molecule has 0 unspecified atom stereocenters. The molecule has 1 aromatic carbocycles. The maximum atomic E-state index is 12.2. The molecule has 0 fully saturated rings. The van der Waals surface area contributed by atoms with Gasteiger partial charge in [0.2, 0.25) is 5.82 Å². The number of esters is 1. The highest BCUT2D eigenvalue weighted by atomic mass is 16.6. The summed E-state index contributed by atoms with van der Waals surface area (Å²) >= 11 is 0. The molecule has 4 rings (SSSR count). The fourth-order valence-electron chi connectivity index (χ4n) is 3.43. The van der Waals surface area contributed by atoms with E-state index in [0.29, 0.717) is 12.3 Å². The number of fused-ring (bicyclic) bond motifs is 1. The Bertz CT molecular complexity index is 1040. The summed E-state index contributed by atoms with van der Waals surface area (Å²) in [6, 6.07) is 9.88. The summed E-state index contributed by atoms with van der Waals surface area (Å²) in [5.74, 6) is -0.287. The third-order valence-electron chi connectivity index (χ3n) is 4.66. The zero-order valence-corrected chi connectivity index (χ0v) is 15.7. The molecule has 3 aromatic rings. The molecule has 0 radical (unpaired) electrons. The van der Waals surface area contributed by atoms with Crippen LogP contribution in [0.2, 0.25) is 0 Å². The van der Waals surface area contributed by atoms with Crippen LogP contribution < -0.4 is 0 Å². The highest BCUT2D eigenvalue weighted by Crippen LogP contribution is 2.33. The van der Waals surface area contributed by atoms with E-state index in [1.54, 1.807) is 26.4 Å². The zero-order valence-electron chi connectivity index (χ0n) is 15.7. The minimum atomic E-state index is -0.472. The third-order valence-corrected chi connectivity index (χ3v) is 4.66. The van der Waals surface area contributed by atoms with E-state index < -0.39 is 5.97 Å². The zero-order chi connectivity index (χ0) is 19.5. The fourth-order valence-corrected chi connectivity index (χ4v) is 3.43. The van der Waals surface area contributed by atoms with E-state index >= 15 is 0 Å². The molecule has 0 atom stereocenters. The number of aromatic nitrogens is 3. The molecule has 0 aliphatic heterocycles. The van der Waals surface area contributed by atoms with Crippen LogP contribution in [0, 0.1) is 0 Å². The molecule has 7 heteroatoms. The number of pyridine rings is 1. The Kier molecular flexibility index (Phi) is 4.89. The van der Waals surface area contributed by atoms with Gasteiger partial charge in [-0.2, -0.15) is 0 Å². The number of benzene rings is 1. The summed E-state index contributed by atoms with van der Waals surface area (Å²) in [4.78, 5) is 28.9. The summed E-state index contributed by atoms with van der Waals surface area (Å²) in [6.07, 6.45) is 5.16. The molecule has 0 saturated carbocycles. The van der Waals surface area contributed by atoms with Gasteiger partial charge in [-0.3, -0.25) is 4.98 Å². The van der Waals surface area contributed by atoms with Gasteiger partial charge < -0.3 is 14.6 Å². The normalized spacial score (nSPS) is 14.1. The maximum absolute atomic E-state index is 12.2. The summed E-state index contributed by atoms with van der Waals surface area (Å²) in [7, 11) is 1.56. The van der Waals surface area contributed by atoms with Crippen LogP contribution in [0.25, 0.3) is 22.5 Å². The molecular weight excluding hydrogens is 356 g/mol. The van der Waals surface area contributed by atoms with Gasteiger partial charge in [-0.15, -0.1) is 0 Å². The molecule has 0 spiro atoms. The van der Waals surface area contributed by atoms with E-state index in [0.717, 1.165) is 40.9 Å². The summed E-state index contributed by atoms with van der Waals surface area (Å²) in [6.45, 7) is 2.06. The van der Waals surface area contributed by atoms with Crippen LogP contribution >= 0.6 is 0 Å². The lowest BCUT2D eigenvalue weighted by molar-refractivity contribution is 0.0513. The summed E-state index contributed by atoms with van der Waals surface area (Å²) < 4.78 is 5.11. The molecule has 0 amide bonds. The Morgan fingerprint density at radius 2 is 2.00 bits per heavy atom. The molecule has 1 N–H and O–H groups in total. The molecular formula is C21H20N4O3. The lowest BCUT2D eigenvalue weighted by atomic mass is 10.0. The predicted octanol–water partition coefficient (Wildman–Crippen LogP) is 3.61. The first-order chi connectivity index (χ1) is 13.7. The number of rotatable bonds is 5. The first-order valence-corrected chi connectivity index (χ1v) is 9.12. The molecule has 1 aliphatic rings. The van der Waals surface area contributed by atoms with E-state index in [1.165, 1.54) is 5.56 Å². The van der Waals surface area contributed by atoms with Gasteiger partial charge in [0.05, 0.1) is 23.7 Å². The van der Waals surface area contributed by atoms with Crippen LogP contribution in [-0.4, -0.2) is 40.3 Å². The minimum Gasteiger partial charge on any atom is -0.460 e. The van der Waals surface area contributed by atoms with Crippen LogP contribution in [0.1, 0.15) is 35.1 Å². The number of carbonyl (C=O) groups is 1. The number of oxime groups is 1. The molecule has 142 valence electrons. The minimum absolute atomic E-state index is 0.186.